The van der Waals surface area contributed by atoms with Gasteiger partial charge < -0.3 is 25.7 Å². The molecule has 2 aromatic heterocycles. The van der Waals surface area contributed by atoms with Crippen LogP contribution in [0.1, 0.15) is 36.8 Å². The van der Waals surface area contributed by atoms with Crippen molar-refractivity contribution < 1.29 is 32.3 Å². The molecule has 17 nitrogen and oxygen atoms in total. The van der Waals surface area contributed by atoms with Crippen LogP contribution in [0.5, 0.6) is 0 Å². The number of benzene rings is 3. The first-order chi connectivity index (χ1) is 24.5. The maximum atomic E-state index is 13.7. The van der Waals surface area contributed by atoms with E-state index in [-0.39, 0.29) is 28.5 Å². The van der Waals surface area contributed by atoms with Crippen molar-refractivity contribution in [3.63, 3.8) is 0 Å². The second kappa shape index (κ2) is 15.2. The predicted octanol–water partition coefficient (Wildman–Crippen LogP) is 3.28. The number of hydrogen-bond donors (Lipinski definition) is 5. The average molecular weight is 751 g/mol. The minimum atomic E-state index is -3.76. The first-order valence-electron chi connectivity index (χ1n) is 15.6. The van der Waals surface area contributed by atoms with Gasteiger partial charge in [0.25, 0.3) is 0 Å². The van der Waals surface area contributed by atoms with Gasteiger partial charge in [-0.05, 0) is 91.4 Å². The zero-order valence-electron chi connectivity index (χ0n) is 28.6. The molecule has 0 fully saturated rings. The van der Waals surface area contributed by atoms with Gasteiger partial charge in [0.15, 0.2) is 0 Å². The van der Waals surface area contributed by atoms with Crippen LogP contribution in [-0.4, -0.2) is 87.3 Å². The Labute approximate surface area is 303 Å². The monoisotopic (exact) mass is 750 g/mol. The van der Waals surface area contributed by atoms with Crippen LogP contribution < -0.4 is 20.7 Å². The summed E-state index contributed by atoms with van der Waals surface area (Å²) in [6.07, 6.45) is 1.20. The number of esters is 1. The number of aromatic nitrogens is 5. The van der Waals surface area contributed by atoms with E-state index in [0.717, 1.165) is 4.31 Å². The lowest BCUT2D eigenvalue weighted by Gasteiger charge is -2.19. The van der Waals surface area contributed by atoms with Crippen molar-refractivity contribution in [1.82, 2.24) is 34.8 Å². The van der Waals surface area contributed by atoms with Crippen molar-refractivity contribution in [2.45, 2.75) is 38.8 Å². The Kier molecular flexibility index (Phi) is 10.9. The van der Waals surface area contributed by atoms with E-state index in [1.807, 2.05) is 0 Å². The molecule has 3 amide bonds. The fraction of sp³-hybridized carbons (Fsp3) is 0.242. The largest absolute Gasteiger partial charge is 0.455 e. The lowest BCUT2D eigenvalue weighted by Crippen LogP contribution is -2.49. The van der Waals surface area contributed by atoms with Gasteiger partial charge in [0.1, 0.15) is 23.7 Å². The van der Waals surface area contributed by atoms with Crippen LogP contribution in [0.2, 0.25) is 5.02 Å². The number of rotatable bonds is 11. The van der Waals surface area contributed by atoms with Crippen LogP contribution in [0.25, 0.3) is 16.6 Å². The highest BCUT2D eigenvalue weighted by Gasteiger charge is 2.27. The molecule has 0 bridgehead atoms. The molecule has 1 atom stereocenters. The normalized spacial score (nSPS) is 12.3. The molecule has 0 radical (unpaired) electrons. The Bertz CT molecular complexity index is 2230. The van der Waals surface area contributed by atoms with Crippen LogP contribution in [0, 0.1) is 0 Å². The zero-order valence-corrected chi connectivity index (χ0v) is 30.2. The molecule has 0 saturated carbocycles. The summed E-state index contributed by atoms with van der Waals surface area (Å²) in [5.74, 6) is -3.45. The SMILES string of the molecule is CN(C)S(=O)(=O)Nc1ccc(C[C@H](NC(=O)C(=O)Nc2cc(Cl)ccc2-n2cnnn2)C(=O)Nc2ccc3[nH]c(C(=O)OC(C)(C)C)cc3c2)cc1. The van der Waals surface area contributed by atoms with Crippen molar-refractivity contribution >= 4 is 73.5 Å². The van der Waals surface area contributed by atoms with E-state index >= 15 is 0 Å². The maximum Gasteiger partial charge on any atom is 0.355 e. The number of amides is 3. The number of tetrazole rings is 1. The Morgan fingerprint density at radius 1 is 0.942 bits per heavy atom. The van der Waals surface area contributed by atoms with Crippen molar-refractivity contribution in [3.05, 3.63) is 89.3 Å². The third-order valence-electron chi connectivity index (χ3n) is 7.26. The van der Waals surface area contributed by atoms with Gasteiger partial charge in [-0.15, -0.1) is 5.10 Å². The van der Waals surface area contributed by atoms with Gasteiger partial charge in [-0.2, -0.15) is 17.4 Å². The smallest absolute Gasteiger partial charge is 0.355 e. The first kappa shape index (κ1) is 37.4. The number of anilines is 3. The Morgan fingerprint density at radius 2 is 1.65 bits per heavy atom. The van der Waals surface area contributed by atoms with Gasteiger partial charge >= 0.3 is 28.0 Å². The van der Waals surface area contributed by atoms with Gasteiger partial charge in [0, 0.05) is 47.8 Å². The van der Waals surface area contributed by atoms with E-state index in [1.165, 1.54) is 43.3 Å². The Morgan fingerprint density at radius 3 is 2.31 bits per heavy atom. The van der Waals surface area contributed by atoms with Crippen molar-refractivity contribution in [2.24, 2.45) is 0 Å². The first-order valence-corrected chi connectivity index (χ1v) is 17.4. The number of carbonyl (C=O) groups excluding carboxylic acids is 4. The molecule has 0 aliphatic heterocycles. The molecular formula is C33H35ClN10O7S. The number of ether oxygens (including phenoxy) is 1. The highest BCUT2D eigenvalue weighted by molar-refractivity contribution is 7.90. The molecule has 272 valence electrons. The average Bonchev–Trinajstić information content (AvgIpc) is 3.75. The summed E-state index contributed by atoms with van der Waals surface area (Å²) < 4.78 is 34.6. The molecule has 0 aliphatic rings. The molecule has 52 heavy (non-hydrogen) atoms. The number of nitrogens with zero attached hydrogens (tertiary/aromatic N) is 5. The van der Waals surface area contributed by atoms with E-state index in [9.17, 15) is 27.6 Å². The Hall–Kier alpha value is -5.85. The van der Waals surface area contributed by atoms with Crippen LogP contribution >= 0.6 is 11.6 Å². The summed E-state index contributed by atoms with van der Waals surface area (Å²) in [6.45, 7) is 5.27. The number of nitrogens with one attached hydrogen (secondary N) is 5. The van der Waals surface area contributed by atoms with Crippen molar-refractivity contribution in [3.8, 4) is 5.69 Å². The van der Waals surface area contributed by atoms with Gasteiger partial charge in [0.2, 0.25) is 5.91 Å². The summed E-state index contributed by atoms with van der Waals surface area (Å²) in [5.41, 5.74) is 1.74. The summed E-state index contributed by atoms with van der Waals surface area (Å²) >= 11 is 6.14. The van der Waals surface area contributed by atoms with E-state index in [0.29, 0.717) is 27.8 Å². The zero-order chi connectivity index (χ0) is 37.8. The van der Waals surface area contributed by atoms with Crippen LogP contribution in [-0.2, 0) is 35.8 Å². The van der Waals surface area contributed by atoms with Gasteiger partial charge in [-0.3, -0.25) is 19.1 Å². The number of carbonyl (C=O) groups is 4. The molecule has 0 unspecified atom stereocenters. The fourth-order valence-corrected chi connectivity index (χ4v) is 5.55. The molecule has 3 aromatic carbocycles. The van der Waals surface area contributed by atoms with Gasteiger partial charge in [-0.1, -0.05) is 23.7 Å². The van der Waals surface area contributed by atoms with E-state index in [4.69, 9.17) is 16.3 Å². The quantitative estimate of drug-likeness (QED) is 0.0979. The van der Waals surface area contributed by atoms with E-state index in [1.54, 1.807) is 69.3 Å². The lowest BCUT2D eigenvalue weighted by molar-refractivity contribution is -0.137. The van der Waals surface area contributed by atoms with Gasteiger partial charge in [0.05, 0.1) is 11.4 Å². The molecule has 0 aliphatic carbocycles. The van der Waals surface area contributed by atoms with Crippen molar-refractivity contribution in [2.75, 3.05) is 29.5 Å². The molecule has 5 aromatic rings. The van der Waals surface area contributed by atoms with Crippen LogP contribution in [0.4, 0.5) is 17.1 Å². The molecular weight excluding hydrogens is 716 g/mol. The van der Waals surface area contributed by atoms with E-state index in [2.05, 4.69) is 41.2 Å². The standard InChI is InChI=1S/C33H35ClN10O7S/c1-33(2,3)51-32(48)27-16-20-15-23(11-12-24(20)37-27)36-29(45)26(14-19-6-9-22(10-7-19)40-52(49,50)43(4)5)39-31(47)30(46)38-25-17-21(34)8-13-28(25)44-18-35-41-42-44/h6-13,15-18,26,37,40H,14H2,1-5H3,(H,36,45)(H,38,46)(H,39,47)/t26-/m0/s1. The third-order valence-corrected chi connectivity index (χ3v) is 8.95. The number of H-pyrrole nitrogens is 1. The van der Waals surface area contributed by atoms with E-state index < -0.39 is 45.5 Å². The summed E-state index contributed by atoms with van der Waals surface area (Å²) in [7, 11) is -1.00. The second-order valence-electron chi connectivity index (χ2n) is 12.7. The van der Waals surface area contributed by atoms with Crippen molar-refractivity contribution in [1.29, 1.82) is 0 Å². The lowest BCUT2D eigenvalue weighted by atomic mass is 10.0. The topological polar surface area (TPSA) is 222 Å². The molecule has 19 heteroatoms. The minimum absolute atomic E-state index is 0.0895. The highest BCUT2D eigenvalue weighted by Crippen LogP contribution is 2.25. The summed E-state index contributed by atoms with van der Waals surface area (Å²) in [6, 6.07) is 15.9. The Balaban J connectivity index is 1.37. The molecule has 0 spiro atoms. The second-order valence-corrected chi connectivity index (χ2v) is 15.0. The number of fused-ring (bicyclic) bond motifs is 1. The van der Waals surface area contributed by atoms with Gasteiger partial charge in [-0.25, -0.2) is 4.79 Å². The molecule has 5 rings (SSSR count). The highest BCUT2D eigenvalue weighted by atomic mass is 35.5. The van der Waals surface area contributed by atoms with Crippen LogP contribution in [0.15, 0.2) is 73.1 Å². The molecule has 2 heterocycles. The maximum absolute atomic E-state index is 13.7. The fourth-order valence-electron chi connectivity index (χ4n) is 4.76. The van der Waals surface area contributed by atoms with Crippen LogP contribution in [0.3, 0.4) is 0 Å². The number of halogens is 1. The predicted molar refractivity (Wildman–Crippen MR) is 193 cm³/mol. The molecule has 0 saturated heterocycles. The third kappa shape index (κ3) is 9.47. The summed E-state index contributed by atoms with van der Waals surface area (Å²) in [5, 5.41) is 19.6. The minimum Gasteiger partial charge on any atom is -0.455 e. The number of aromatic amines is 1. The summed E-state index contributed by atoms with van der Waals surface area (Å²) in [4.78, 5) is 55.8. The molecule has 5 N–H and O–H groups in total. The number of hydrogen-bond acceptors (Lipinski definition) is 10.